The van der Waals surface area contributed by atoms with E-state index in [1.165, 1.54) is 0 Å². The number of amides is 3. The SMILES string of the molecule is CCN(CC)C(=O)c1ccc2c(c1)nnn2CCNC(=O)Nc1cc(F)ccc1F. The van der Waals surface area contributed by atoms with Gasteiger partial charge in [0.1, 0.15) is 17.2 Å². The number of carbonyl (C=O) groups is 2. The fourth-order valence-corrected chi connectivity index (χ4v) is 3.00. The molecule has 0 fully saturated rings. The second kappa shape index (κ2) is 9.29. The highest BCUT2D eigenvalue weighted by atomic mass is 19.1. The first kappa shape index (κ1) is 21.2. The van der Waals surface area contributed by atoms with Crippen LogP contribution in [-0.2, 0) is 6.54 Å². The molecule has 0 atom stereocenters. The van der Waals surface area contributed by atoms with Gasteiger partial charge in [0.25, 0.3) is 5.91 Å². The van der Waals surface area contributed by atoms with E-state index in [1.54, 1.807) is 27.8 Å². The minimum atomic E-state index is -0.733. The number of hydrogen-bond acceptors (Lipinski definition) is 4. The van der Waals surface area contributed by atoms with Crippen molar-refractivity contribution in [3.63, 3.8) is 0 Å². The Kier molecular flexibility index (Phi) is 6.55. The van der Waals surface area contributed by atoms with Gasteiger partial charge in [0.15, 0.2) is 0 Å². The largest absolute Gasteiger partial charge is 0.339 e. The van der Waals surface area contributed by atoms with Gasteiger partial charge in [0.2, 0.25) is 0 Å². The number of fused-ring (bicyclic) bond motifs is 1. The van der Waals surface area contributed by atoms with Crippen LogP contribution in [0.1, 0.15) is 24.2 Å². The fourth-order valence-electron chi connectivity index (χ4n) is 3.00. The third-order valence-corrected chi connectivity index (χ3v) is 4.60. The van der Waals surface area contributed by atoms with Crippen molar-refractivity contribution in [1.82, 2.24) is 25.2 Å². The molecule has 2 N–H and O–H groups in total. The zero-order valence-electron chi connectivity index (χ0n) is 16.7. The first-order chi connectivity index (χ1) is 14.4. The van der Waals surface area contributed by atoms with Crippen molar-refractivity contribution in [2.45, 2.75) is 20.4 Å². The van der Waals surface area contributed by atoms with Crippen LogP contribution in [-0.4, -0.2) is 51.5 Å². The molecular weight excluding hydrogens is 394 g/mol. The average Bonchev–Trinajstić information content (AvgIpc) is 3.14. The van der Waals surface area contributed by atoms with Gasteiger partial charge >= 0.3 is 6.03 Å². The molecule has 0 saturated heterocycles. The van der Waals surface area contributed by atoms with E-state index in [0.717, 1.165) is 18.2 Å². The Balaban J connectivity index is 1.60. The summed E-state index contributed by atoms with van der Waals surface area (Å²) in [5.74, 6) is -1.46. The Labute approximate surface area is 171 Å². The molecule has 0 unspecified atom stereocenters. The van der Waals surface area contributed by atoms with E-state index in [-0.39, 0.29) is 18.1 Å². The van der Waals surface area contributed by atoms with Crippen LogP contribution in [0, 0.1) is 11.6 Å². The summed E-state index contributed by atoms with van der Waals surface area (Å²) in [6.45, 7) is 5.56. The maximum atomic E-state index is 13.6. The molecule has 1 aromatic heterocycles. The van der Waals surface area contributed by atoms with E-state index in [4.69, 9.17) is 0 Å². The summed E-state index contributed by atoms with van der Waals surface area (Å²) in [5.41, 5.74) is 1.57. The number of rotatable bonds is 7. The summed E-state index contributed by atoms with van der Waals surface area (Å²) in [4.78, 5) is 26.1. The Morgan fingerprint density at radius 1 is 1.10 bits per heavy atom. The first-order valence-corrected chi connectivity index (χ1v) is 9.55. The molecule has 2 aromatic carbocycles. The van der Waals surface area contributed by atoms with E-state index in [2.05, 4.69) is 20.9 Å². The molecule has 0 aliphatic rings. The number of hydrogen-bond donors (Lipinski definition) is 2. The summed E-state index contributed by atoms with van der Waals surface area (Å²) in [5, 5.41) is 12.9. The summed E-state index contributed by atoms with van der Waals surface area (Å²) >= 11 is 0. The molecule has 0 aliphatic heterocycles. The average molecular weight is 416 g/mol. The van der Waals surface area contributed by atoms with Gasteiger partial charge in [-0.15, -0.1) is 5.10 Å². The Morgan fingerprint density at radius 3 is 2.60 bits per heavy atom. The number of nitrogens with zero attached hydrogens (tertiary/aromatic N) is 4. The third-order valence-electron chi connectivity index (χ3n) is 4.60. The molecule has 3 aromatic rings. The lowest BCUT2D eigenvalue weighted by Gasteiger charge is -2.18. The van der Waals surface area contributed by atoms with Crippen LogP contribution >= 0.6 is 0 Å². The predicted molar refractivity (Wildman–Crippen MR) is 108 cm³/mol. The summed E-state index contributed by atoms with van der Waals surface area (Å²) in [7, 11) is 0. The molecule has 0 saturated carbocycles. The van der Waals surface area contributed by atoms with E-state index < -0.39 is 17.7 Å². The predicted octanol–water partition coefficient (Wildman–Crippen LogP) is 3.01. The zero-order chi connectivity index (χ0) is 21.7. The molecular formula is C20H22F2N6O2. The fraction of sp³-hybridized carbons (Fsp3) is 0.300. The van der Waals surface area contributed by atoms with Gasteiger partial charge in [-0.25, -0.2) is 18.3 Å². The summed E-state index contributed by atoms with van der Waals surface area (Å²) < 4.78 is 28.3. The number of aromatic nitrogens is 3. The molecule has 30 heavy (non-hydrogen) atoms. The molecule has 3 rings (SSSR count). The smallest absolute Gasteiger partial charge is 0.319 e. The maximum Gasteiger partial charge on any atom is 0.319 e. The molecule has 3 amide bonds. The van der Waals surface area contributed by atoms with Crippen molar-refractivity contribution < 1.29 is 18.4 Å². The monoisotopic (exact) mass is 416 g/mol. The second-order valence-corrected chi connectivity index (χ2v) is 6.50. The number of urea groups is 1. The summed E-state index contributed by atoms with van der Waals surface area (Å²) in [6, 6.07) is 7.30. The van der Waals surface area contributed by atoms with Crippen molar-refractivity contribution in [2.75, 3.05) is 25.0 Å². The number of nitrogens with one attached hydrogen (secondary N) is 2. The van der Waals surface area contributed by atoms with Gasteiger partial charge in [-0.1, -0.05) is 5.21 Å². The van der Waals surface area contributed by atoms with Crippen LogP contribution < -0.4 is 10.6 Å². The van der Waals surface area contributed by atoms with Gasteiger partial charge in [-0.3, -0.25) is 4.79 Å². The topological polar surface area (TPSA) is 92.2 Å². The standard InChI is InChI=1S/C20H22F2N6O2/c1-3-27(4-2)19(29)13-5-8-18-17(11-13)25-26-28(18)10-9-23-20(30)24-16-12-14(21)6-7-15(16)22/h5-8,11-12H,3-4,9-10H2,1-2H3,(H2,23,24,30). The van der Waals surface area contributed by atoms with E-state index >= 15 is 0 Å². The van der Waals surface area contributed by atoms with Gasteiger partial charge in [0, 0.05) is 31.3 Å². The lowest BCUT2D eigenvalue weighted by atomic mass is 10.1. The van der Waals surface area contributed by atoms with Crippen LogP contribution in [0.5, 0.6) is 0 Å². The lowest BCUT2D eigenvalue weighted by molar-refractivity contribution is 0.0773. The maximum absolute atomic E-state index is 13.6. The molecule has 0 spiro atoms. The molecule has 0 aliphatic carbocycles. The van der Waals surface area contributed by atoms with Crippen LogP contribution in [0.3, 0.4) is 0 Å². The summed E-state index contributed by atoms with van der Waals surface area (Å²) in [6.07, 6.45) is 0. The van der Waals surface area contributed by atoms with Crippen LogP contribution in [0.25, 0.3) is 11.0 Å². The molecule has 10 heteroatoms. The van der Waals surface area contributed by atoms with Crippen LogP contribution in [0.4, 0.5) is 19.3 Å². The Bertz CT molecular complexity index is 1060. The zero-order valence-corrected chi connectivity index (χ0v) is 16.7. The molecule has 1 heterocycles. The quantitative estimate of drug-likeness (QED) is 0.619. The molecule has 0 bridgehead atoms. The highest BCUT2D eigenvalue weighted by Crippen LogP contribution is 2.16. The molecule has 158 valence electrons. The van der Waals surface area contributed by atoms with E-state index in [1.807, 2.05) is 13.8 Å². The van der Waals surface area contributed by atoms with Gasteiger partial charge < -0.3 is 15.5 Å². The van der Waals surface area contributed by atoms with Gasteiger partial charge in [-0.2, -0.15) is 0 Å². The lowest BCUT2D eigenvalue weighted by Crippen LogP contribution is -2.32. The van der Waals surface area contributed by atoms with Gasteiger partial charge in [-0.05, 0) is 44.2 Å². The van der Waals surface area contributed by atoms with Crippen molar-refractivity contribution in [3.8, 4) is 0 Å². The number of benzene rings is 2. The normalized spacial score (nSPS) is 10.8. The highest BCUT2D eigenvalue weighted by Gasteiger charge is 2.15. The number of carbonyl (C=O) groups excluding carboxylic acids is 2. The first-order valence-electron chi connectivity index (χ1n) is 9.55. The minimum Gasteiger partial charge on any atom is -0.339 e. The van der Waals surface area contributed by atoms with Crippen molar-refractivity contribution >= 4 is 28.7 Å². The van der Waals surface area contributed by atoms with E-state index in [9.17, 15) is 18.4 Å². The Morgan fingerprint density at radius 2 is 1.87 bits per heavy atom. The third kappa shape index (κ3) is 4.70. The number of anilines is 1. The van der Waals surface area contributed by atoms with Gasteiger partial charge in [0.05, 0.1) is 17.7 Å². The molecule has 0 radical (unpaired) electrons. The second-order valence-electron chi connectivity index (χ2n) is 6.50. The van der Waals surface area contributed by atoms with Crippen molar-refractivity contribution in [1.29, 1.82) is 0 Å². The van der Waals surface area contributed by atoms with Crippen molar-refractivity contribution in [2.24, 2.45) is 0 Å². The Hall–Kier alpha value is -3.56. The number of halogens is 2. The van der Waals surface area contributed by atoms with Crippen LogP contribution in [0.2, 0.25) is 0 Å². The van der Waals surface area contributed by atoms with Crippen molar-refractivity contribution in [3.05, 3.63) is 53.6 Å². The van der Waals surface area contributed by atoms with E-state index in [0.29, 0.717) is 36.2 Å². The minimum absolute atomic E-state index is 0.0700. The van der Waals surface area contributed by atoms with Crippen LogP contribution in [0.15, 0.2) is 36.4 Å². The highest BCUT2D eigenvalue weighted by molar-refractivity contribution is 5.97. The molecule has 8 nitrogen and oxygen atoms in total.